The van der Waals surface area contributed by atoms with Gasteiger partial charge < -0.3 is 20.2 Å². The minimum absolute atomic E-state index is 0.0264. The Balaban J connectivity index is 2.56. The number of alkyl halides is 3. The second-order valence-electron chi connectivity index (χ2n) is 5.27. The second kappa shape index (κ2) is 8.73. The smallest absolute Gasteiger partial charge is 0.395 e. The number of likely N-dealkylation sites (N-methyl/N-ethyl adjacent to an activating group) is 1. The molecule has 0 heterocycles. The molecule has 5 nitrogen and oxygen atoms in total. The molecule has 130 valence electrons. The van der Waals surface area contributed by atoms with Crippen LogP contribution in [-0.4, -0.2) is 61.3 Å². The van der Waals surface area contributed by atoms with Gasteiger partial charge in [0.2, 0.25) is 0 Å². The summed E-state index contributed by atoms with van der Waals surface area (Å²) in [5, 5.41) is 11.4. The van der Waals surface area contributed by atoms with Crippen LogP contribution in [0.5, 0.6) is 0 Å². The van der Waals surface area contributed by atoms with Gasteiger partial charge in [-0.15, -0.1) is 0 Å². The molecule has 0 unspecified atom stereocenters. The van der Waals surface area contributed by atoms with Crippen LogP contribution < -0.4 is 5.32 Å². The van der Waals surface area contributed by atoms with Crippen LogP contribution in [0.4, 0.5) is 18.0 Å². The van der Waals surface area contributed by atoms with E-state index in [9.17, 15) is 18.0 Å². The number of nitrogens with zero attached hydrogens (tertiary/aromatic N) is 2. The standard InChI is InChI=1S/C15H22F3N3O2/c1-20(9-10-22)8-7-19-14(23)21(2)11-12-5-3-4-6-13(12)15(16,17)18/h3-6,22H,7-11H2,1-2H3,(H,19,23). The maximum atomic E-state index is 12.9. The van der Waals surface area contributed by atoms with Gasteiger partial charge in [-0.3, -0.25) is 0 Å². The van der Waals surface area contributed by atoms with Gasteiger partial charge in [-0.05, 0) is 18.7 Å². The van der Waals surface area contributed by atoms with Crippen LogP contribution >= 0.6 is 0 Å². The van der Waals surface area contributed by atoms with Gasteiger partial charge in [-0.25, -0.2) is 4.79 Å². The van der Waals surface area contributed by atoms with Gasteiger partial charge in [-0.1, -0.05) is 18.2 Å². The number of hydrogen-bond donors (Lipinski definition) is 2. The first-order valence-corrected chi connectivity index (χ1v) is 7.19. The fraction of sp³-hybridized carbons (Fsp3) is 0.533. The molecule has 0 atom stereocenters. The zero-order chi connectivity index (χ0) is 17.5. The lowest BCUT2D eigenvalue weighted by molar-refractivity contribution is -0.138. The molecule has 0 aliphatic rings. The van der Waals surface area contributed by atoms with Crippen LogP contribution in [0.15, 0.2) is 24.3 Å². The van der Waals surface area contributed by atoms with Crippen LogP contribution in [0.3, 0.4) is 0 Å². The first-order chi connectivity index (χ1) is 10.8. The molecule has 0 aromatic heterocycles. The van der Waals surface area contributed by atoms with Crippen LogP contribution in [0, 0.1) is 0 Å². The van der Waals surface area contributed by atoms with Crippen molar-refractivity contribution in [1.82, 2.24) is 15.1 Å². The molecule has 0 aliphatic heterocycles. The first kappa shape index (κ1) is 19.2. The summed E-state index contributed by atoms with van der Waals surface area (Å²) in [7, 11) is 3.24. The number of rotatable bonds is 7. The van der Waals surface area contributed by atoms with Gasteiger partial charge in [0, 0.05) is 33.2 Å². The molecule has 8 heteroatoms. The monoisotopic (exact) mass is 333 g/mol. The predicted molar refractivity (Wildman–Crippen MR) is 80.9 cm³/mol. The molecular formula is C15H22F3N3O2. The molecule has 23 heavy (non-hydrogen) atoms. The lowest BCUT2D eigenvalue weighted by Gasteiger charge is -2.21. The van der Waals surface area contributed by atoms with Crippen LogP contribution in [-0.2, 0) is 12.7 Å². The molecule has 1 aromatic rings. The minimum atomic E-state index is -4.44. The Morgan fingerprint density at radius 2 is 1.87 bits per heavy atom. The Labute approximate surface area is 133 Å². The van der Waals surface area contributed by atoms with Crippen molar-refractivity contribution < 1.29 is 23.1 Å². The maximum Gasteiger partial charge on any atom is 0.416 e. The van der Waals surface area contributed by atoms with Gasteiger partial charge in [-0.2, -0.15) is 13.2 Å². The molecule has 2 amide bonds. The summed E-state index contributed by atoms with van der Waals surface area (Å²) in [6.07, 6.45) is -4.44. The van der Waals surface area contributed by atoms with Crippen molar-refractivity contribution in [3.05, 3.63) is 35.4 Å². The van der Waals surface area contributed by atoms with Crippen LogP contribution in [0.25, 0.3) is 0 Å². The van der Waals surface area contributed by atoms with E-state index >= 15 is 0 Å². The van der Waals surface area contributed by atoms with Gasteiger partial charge >= 0.3 is 12.2 Å². The highest BCUT2D eigenvalue weighted by Crippen LogP contribution is 2.32. The molecule has 2 N–H and O–H groups in total. The average molecular weight is 333 g/mol. The van der Waals surface area contributed by atoms with Gasteiger partial charge in [0.1, 0.15) is 0 Å². The summed E-state index contributed by atoms with van der Waals surface area (Å²) in [6, 6.07) is 4.76. The summed E-state index contributed by atoms with van der Waals surface area (Å²) in [6.45, 7) is 1.27. The predicted octanol–water partition coefficient (Wildman–Crippen LogP) is 1.77. The Hall–Kier alpha value is -1.80. The van der Waals surface area contributed by atoms with Crippen LogP contribution in [0.2, 0.25) is 0 Å². The fourth-order valence-corrected chi connectivity index (χ4v) is 2.03. The molecule has 0 fully saturated rings. The van der Waals surface area contributed by atoms with Crippen molar-refractivity contribution in [3.63, 3.8) is 0 Å². The number of carbonyl (C=O) groups excluding carboxylic acids is 1. The summed E-state index contributed by atoms with van der Waals surface area (Å²) in [4.78, 5) is 15.0. The number of urea groups is 1. The minimum Gasteiger partial charge on any atom is -0.395 e. The van der Waals surface area contributed by atoms with E-state index in [4.69, 9.17) is 5.11 Å². The third-order valence-corrected chi connectivity index (χ3v) is 3.33. The summed E-state index contributed by atoms with van der Waals surface area (Å²) < 4.78 is 38.8. The molecular weight excluding hydrogens is 311 g/mol. The van der Waals surface area contributed by atoms with Crippen molar-refractivity contribution in [2.24, 2.45) is 0 Å². The number of aliphatic hydroxyl groups excluding tert-OH is 1. The Bertz CT molecular complexity index is 509. The van der Waals surface area contributed by atoms with Crippen molar-refractivity contribution in [2.45, 2.75) is 12.7 Å². The molecule has 0 saturated heterocycles. The highest BCUT2D eigenvalue weighted by atomic mass is 19.4. The fourth-order valence-electron chi connectivity index (χ4n) is 2.03. The van der Waals surface area contributed by atoms with E-state index in [0.29, 0.717) is 19.6 Å². The van der Waals surface area contributed by atoms with Crippen molar-refractivity contribution in [3.8, 4) is 0 Å². The lowest BCUT2D eigenvalue weighted by Crippen LogP contribution is -2.41. The topological polar surface area (TPSA) is 55.8 Å². The summed E-state index contributed by atoms with van der Waals surface area (Å²) in [5.74, 6) is 0. The van der Waals surface area contributed by atoms with E-state index in [1.807, 2.05) is 4.90 Å². The van der Waals surface area contributed by atoms with E-state index in [0.717, 1.165) is 6.07 Å². The third-order valence-electron chi connectivity index (χ3n) is 3.33. The summed E-state index contributed by atoms with van der Waals surface area (Å²) in [5.41, 5.74) is -0.683. The van der Waals surface area contributed by atoms with E-state index in [2.05, 4.69) is 5.32 Å². The molecule has 1 rings (SSSR count). The number of hydrogen-bond acceptors (Lipinski definition) is 3. The SMILES string of the molecule is CN(CCO)CCNC(=O)N(C)Cc1ccccc1C(F)(F)F. The zero-order valence-corrected chi connectivity index (χ0v) is 13.2. The molecule has 0 radical (unpaired) electrons. The lowest BCUT2D eigenvalue weighted by atomic mass is 10.1. The number of nitrogens with one attached hydrogen (secondary N) is 1. The van der Waals surface area contributed by atoms with Crippen LogP contribution in [0.1, 0.15) is 11.1 Å². The Kier molecular flexibility index (Phi) is 7.31. The average Bonchev–Trinajstić information content (AvgIpc) is 2.46. The molecule has 0 saturated carbocycles. The van der Waals surface area contributed by atoms with E-state index < -0.39 is 17.8 Å². The zero-order valence-electron chi connectivity index (χ0n) is 13.2. The van der Waals surface area contributed by atoms with E-state index in [1.165, 1.54) is 30.1 Å². The number of halogens is 3. The number of benzene rings is 1. The van der Waals surface area contributed by atoms with Gasteiger partial charge in [0.25, 0.3) is 0 Å². The molecule has 1 aromatic carbocycles. The van der Waals surface area contributed by atoms with Crippen molar-refractivity contribution >= 4 is 6.03 Å². The highest BCUT2D eigenvalue weighted by Gasteiger charge is 2.33. The third kappa shape index (κ3) is 6.45. The second-order valence-corrected chi connectivity index (χ2v) is 5.27. The summed E-state index contributed by atoms with van der Waals surface area (Å²) >= 11 is 0. The normalized spacial score (nSPS) is 11.6. The largest absolute Gasteiger partial charge is 0.416 e. The maximum absolute atomic E-state index is 12.9. The molecule has 0 spiro atoms. The Morgan fingerprint density at radius 1 is 1.22 bits per heavy atom. The number of amides is 2. The van der Waals surface area contributed by atoms with Crippen molar-refractivity contribution in [1.29, 1.82) is 0 Å². The molecule has 0 aliphatic carbocycles. The highest BCUT2D eigenvalue weighted by molar-refractivity contribution is 5.73. The van der Waals surface area contributed by atoms with Gasteiger partial charge in [0.05, 0.1) is 12.2 Å². The quantitative estimate of drug-likeness (QED) is 0.800. The van der Waals surface area contributed by atoms with Crippen molar-refractivity contribution in [2.75, 3.05) is 40.3 Å². The van der Waals surface area contributed by atoms with Gasteiger partial charge in [0.15, 0.2) is 0 Å². The number of carbonyl (C=O) groups is 1. The number of aliphatic hydroxyl groups is 1. The van der Waals surface area contributed by atoms with E-state index in [1.54, 1.807) is 7.05 Å². The molecule has 0 bridgehead atoms. The Morgan fingerprint density at radius 3 is 2.48 bits per heavy atom. The first-order valence-electron chi connectivity index (χ1n) is 7.19. The van der Waals surface area contributed by atoms with E-state index in [-0.39, 0.29) is 18.7 Å².